The van der Waals surface area contributed by atoms with Gasteiger partial charge in [-0.15, -0.1) is 0 Å². The van der Waals surface area contributed by atoms with Crippen LogP contribution < -0.4 is 10.6 Å². The maximum absolute atomic E-state index is 11.5. The zero-order valence-corrected chi connectivity index (χ0v) is 11.0. The fourth-order valence-electron chi connectivity index (χ4n) is 1.20. The first-order valence-corrected chi connectivity index (χ1v) is 6.02. The van der Waals surface area contributed by atoms with E-state index in [1.165, 1.54) is 0 Å². The van der Waals surface area contributed by atoms with Crippen LogP contribution in [0.1, 0.15) is 40.5 Å². The molecule has 4 heteroatoms. The molecule has 0 heterocycles. The quantitative estimate of drug-likeness (QED) is 0.580. The van der Waals surface area contributed by atoms with E-state index in [9.17, 15) is 4.79 Å². The van der Waals surface area contributed by atoms with Gasteiger partial charge in [-0.25, -0.2) is 0 Å². The molecule has 1 atom stereocenters. The molecule has 16 heavy (non-hydrogen) atoms. The van der Waals surface area contributed by atoms with Gasteiger partial charge in [0.05, 0.1) is 6.54 Å². The standard InChI is InChI=1S/C12H26N2O2/c1-5-10(2)13-8-11(16)14-9-12(3,4)6-7-15/h10,13,15H,5-9H2,1-4H3,(H,14,16). The van der Waals surface area contributed by atoms with Crippen molar-refractivity contribution in [2.24, 2.45) is 5.41 Å². The molecule has 96 valence electrons. The Morgan fingerprint density at radius 3 is 2.56 bits per heavy atom. The van der Waals surface area contributed by atoms with Crippen LogP contribution in [0.25, 0.3) is 0 Å². The molecule has 1 unspecified atom stereocenters. The third-order valence-electron chi connectivity index (χ3n) is 2.78. The molecule has 1 amide bonds. The topological polar surface area (TPSA) is 61.4 Å². The summed E-state index contributed by atoms with van der Waals surface area (Å²) < 4.78 is 0. The molecule has 0 fully saturated rings. The van der Waals surface area contributed by atoms with Crippen LogP contribution in [0.3, 0.4) is 0 Å². The molecule has 0 radical (unpaired) electrons. The molecule has 0 rings (SSSR count). The van der Waals surface area contributed by atoms with Crippen LogP contribution >= 0.6 is 0 Å². The van der Waals surface area contributed by atoms with Gasteiger partial charge in [0, 0.05) is 19.2 Å². The summed E-state index contributed by atoms with van der Waals surface area (Å²) in [4.78, 5) is 11.5. The molecule has 0 aromatic heterocycles. The van der Waals surface area contributed by atoms with Gasteiger partial charge in [-0.1, -0.05) is 20.8 Å². The summed E-state index contributed by atoms with van der Waals surface area (Å²) in [5.41, 5.74) is -0.0409. The number of nitrogens with one attached hydrogen (secondary N) is 2. The second-order valence-electron chi connectivity index (χ2n) is 5.10. The van der Waals surface area contributed by atoms with E-state index in [0.29, 0.717) is 25.6 Å². The minimum atomic E-state index is -0.0409. The highest BCUT2D eigenvalue weighted by atomic mass is 16.3. The normalized spacial score (nSPS) is 13.6. The van der Waals surface area contributed by atoms with Gasteiger partial charge >= 0.3 is 0 Å². The van der Waals surface area contributed by atoms with Crippen molar-refractivity contribution in [3.8, 4) is 0 Å². The number of rotatable bonds is 8. The first kappa shape index (κ1) is 15.4. The Morgan fingerprint density at radius 1 is 1.44 bits per heavy atom. The highest BCUT2D eigenvalue weighted by Gasteiger charge is 2.17. The minimum Gasteiger partial charge on any atom is -0.396 e. The molecule has 0 saturated heterocycles. The summed E-state index contributed by atoms with van der Waals surface area (Å²) in [6.45, 7) is 9.34. The number of carbonyl (C=O) groups excluding carboxylic acids is 1. The summed E-state index contributed by atoms with van der Waals surface area (Å²) >= 11 is 0. The maximum atomic E-state index is 11.5. The Bertz CT molecular complexity index is 205. The largest absolute Gasteiger partial charge is 0.396 e. The maximum Gasteiger partial charge on any atom is 0.233 e. The summed E-state index contributed by atoms with van der Waals surface area (Å²) in [5, 5.41) is 14.9. The molecule has 4 nitrogen and oxygen atoms in total. The summed E-state index contributed by atoms with van der Waals surface area (Å²) in [7, 11) is 0. The van der Waals surface area contributed by atoms with Gasteiger partial charge in [0.1, 0.15) is 0 Å². The average molecular weight is 230 g/mol. The lowest BCUT2D eigenvalue weighted by atomic mass is 9.90. The molecule has 0 aliphatic heterocycles. The first-order chi connectivity index (χ1) is 7.41. The number of hydrogen-bond acceptors (Lipinski definition) is 3. The lowest BCUT2D eigenvalue weighted by molar-refractivity contribution is -0.120. The second kappa shape index (κ2) is 7.63. The van der Waals surface area contributed by atoms with Crippen LogP contribution in [0, 0.1) is 5.41 Å². The zero-order chi connectivity index (χ0) is 12.6. The van der Waals surface area contributed by atoms with Crippen molar-refractivity contribution in [3.63, 3.8) is 0 Å². The average Bonchev–Trinajstić information content (AvgIpc) is 2.23. The lowest BCUT2D eigenvalue weighted by Crippen LogP contribution is -2.41. The van der Waals surface area contributed by atoms with Gasteiger partial charge in [0.25, 0.3) is 0 Å². The van der Waals surface area contributed by atoms with Gasteiger partial charge in [0.15, 0.2) is 0 Å². The number of hydrogen-bond donors (Lipinski definition) is 3. The summed E-state index contributed by atoms with van der Waals surface area (Å²) in [5.74, 6) is 0.0197. The minimum absolute atomic E-state index is 0.0197. The molecule has 0 spiro atoms. The molecule has 0 aromatic carbocycles. The molecule has 0 saturated carbocycles. The van der Waals surface area contributed by atoms with E-state index in [-0.39, 0.29) is 17.9 Å². The smallest absolute Gasteiger partial charge is 0.233 e. The summed E-state index contributed by atoms with van der Waals surface area (Å²) in [6, 6.07) is 0.371. The third kappa shape index (κ3) is 7.65. The van der Waals surface area contributed by atoms with Crippen molar-refractivity contribution in [3.05, 3.63) is 0 Å². The van der Waals surface area contributed by atoms with Gasteiger partial charge < -0.3 is 15.7 Å². The molecular weight excluding hydrogens is 204 g/mol. The van der Waals surface area contributed by atoms with E-state index < -0.39 is 0 Å². The molecule has 3 N–H and O–H groups in total. The molecule has 0 aliphatic rings. The SMILES string of the molecule is CCC(C)NCC(=O)NCC(C)(C)CCO. The van der Waals surface area contributed by atoms with Gasteiger partial charge in [0.2, 0.25) is 5.91 Å². The molecular formula is C12H26N2O2. The molecule has 0 aromatic rings. The number of amides is 1. The molecule has 0 bridgehead atoms. The van der Waals surface area contributed by atoms with Crippen molar-refractivity contribution in [1.82, 2.24) is 10.6 Å². The predicted molar refractivity (Wildman–Crippen MR) is 66.2 cm³/mol. The van der Waals surface area contributed by atoms with E-state index in [0.717, 1.165) is 6.42 Å². The first-order valence-electron chi connectivity index (χ1n) is 6.02. The second-order valence-corrected chi connectivity index (χ2v) is 5.10. The number of aliphatic hydroxyl groups is 1. The number of carbonyl (C=O) groups is 1. The van der Waals surface area contributed by atoms with Crippen LogP contribution in [-0.2, 0) is 4.79 Å². The predicted octanol–water partition coefficient (Wildman–Crippen LogP) is 0.899. The highest BCUT2D eigenvalue weighted by Crippen LogP contribution is 2.17. The molecule has 0 aliphatic carbocycles. The Kier molecular flexibility index (Phi) is 7.34. The van der Waals surface area contributed by atoms with E-state index in [2.05, 4.69) is 24.5 Å². The van der Waals surface area contributed by atoms with Crippen LogP contribution in [0.4, 0.5) is 0 Å². The highest BCUT2D eigenvalue weighted by molar-refractivity contribution is 5.78. The van der Waals surface area contributed by atoms with Gasteiger partial charge in [-0.2, -0.15) is 0 Å². The Balaban J connectivity index is 3.72. The van der Waals surface area contributed by atoms with Crippen LogP contribution in [-0.4, -0.2) is 36.8 Å². The van der Waals surface area contributed by atoms with E-state index in [4.69, 9.17) is 5.11 Å². The van der Waals surface area contributed by atoms with E-state index >= 15 is 0 Å². The Morgan fingerprint density at radius 2 is 2.06 bits per heavy atom. The Hall–Kier alpha value is -0.610. The van der Waals surface area contributed by atoms with E-state index in [1.54, 1.807) is 0 Å². The van der Waals surface area contributed by atoms with Crippen molar-refractivity contribution >= 4 is 5.91 Å². The van der Waals surface area contributed by atoms with Gasteiger partial charge in [-0.3, -0.25) is 4.79 Å². The van der Waals surface area contributed by atoms with Crippen molar-refractivity contribution < 1.29 is 9.90 Å². The van der Waals surface area contributed by atoms with Crippen LogP contribution in [0.15, 0.2) is 0 Å². The number of aliphatic hydroxyl groups excluding tert-OH is 1. The fraction of sp³-hybridized carbons (Fsp3) is 0.917. The van der Waals surface area contributed by atoms with Crippen molar-refractivity contribution in [1.29, 1.82) is 0 Å². The van der Waals surface area contributed by atoms with Crippen LogP contribution in [0.5, 0.6) is 0 Å². The lowest BCUT2D eigenvalue weighted by Gasteiger charge is -2.24. The van der Waals surface area contributed by atoms with E-state index in [1.807, 2.05) is 13.8 Å². The fourth-order valence-corrected chi connectivity index (χ4v) is 1.20. The van der Waals surface area contributed by atoms with Crippen molar-refractivity contribution in [2.45, 2.75) is 46.6 Å². The van der Waals surface area contributed by atoms with Crippen molar-refractivity contribution in [2.75, 3.05) is 19.7 Å². The monoisotopic (exact) mass is 230 g/mol. The van der Waals surface area contributed by atoms with Gasteiger partial charge in [-0.05, 0) is 25.2 Å². The Labute approximate surface area is 98.8 Å². The zero-order valence-electron chi connectivity index (χ0n) is 11.0. The van der Waals surface area contributed by atoms with Crippen LogP contribution in [0.2, 0.25) is 0 Å². The third-order valence-corrected chi connectivity index (χ3v) is 2.78. The summed E-state index contributed by atoms with van der Waals surface area (Å²) in [6.07, 6.45) is 1.72.